The molecule has 0 aromatic carbocycles. The normalized spacial score (nSPS) is 39.8. The zero-order chi connectivity index (χ0) is 46.7. The molecule has 0 saturated carbocycles. The van der Waals surface area contributed by atoms with Gasteiger partial charge in [-0.15, -0.1) is 10.2 Å². The molecule has 0 radical (unpaired) electrons. The number of aromatic nitrogens is 2. The lowest BCUT2D eigenvalue weighted by Crippen LogP contribution is -2.63. The summed E-state index contributed by atoms with van der Waals surface area (Å²) in [6.07, 6.45) is -4.02. The van der Waals surface area contributed by atoms with Gasteiger partial charge in [-0.25, -0.2) is 0 Å². The number of esters is 1. The number of aliphatic hydroxyl groups is 3. The molecule has 64 heavy (non-hydrogen) atoms. The first-order valence-corrected chi connectivity index (χ1v) is 22.7. The minimum atomic E-state index is -1.26. The number of rotatable bonds is 11. The molecule has 0 amide bonds. The van der Waals surface area contributed by atoms with Gasteiger partial charge in [0.1, 0.15) is 30.1 Å². The molecule has 4 aliphatic heterocycles. The predicted octanol–water partition coefficient (Wildman–Crippen LogP) is 1.65. The van der Waals surface area contributed by atoms with Crippen LogP contribution in [0.3, 0.4) is 0 Å². The second-order valence-electron chi connectivity index (χ2n) is 17.4. The lowest BCUT2D eigenvalue weighted by Gasteiger charge is -2.47. The summed E-state index contributed by atoms with van der Waals surface area (Å²) < 4.78 is 55.0. The van der Waals surface area contributed by atoms with Crippen LogP contribution < -0.4 is 5.73 Å². The van der Waals surface area contributed by atoms with Gasteiger partial charge in [-0.1, -0.05) is 48.1 Å². The zero-order valence-corrected chi connectivity index (χ0v) is 39.2. The average molecular weight is 928 g/mol. The van der Waals surface area contributed by atoms with Gasteiger partial charge in [-0.05, 0) is 59.7 Å². The van der Waals surface area contributed by atoms with Crippen LogP contribution in [0.15, 0.2) is 29.0 Å². The number of cyclic esters (lactones) is 1. The van der Waals surface area contributed by atoms with Crippen molar-refractivity contribution < 1.29 is 72.4 Å². The van der Waals surface area contributed by atoms with Crippen molar-refractivity contribution in [1.29, 1.82) is 0 Å². The van der Waals surface area contributed by atoms with E-state index in [9.17, 15) is 24.9 Å². The van der Waals surface area contributed by atoms with E-state index in [2.05, 4.69) is 15.4 Å². The molecule has 5 N–H and O–H groups in total. The Morgan fingerprint density at radius 3 is 2.34 bits per heavy atom. The van der Waals surface area contributed by atoms with Crippen molar-refractivity contribution >= 4 is 33.9 Å². The van der Waals surface area contributed by atoms with Gasteiger partial charge in [0.05, 0.1) is 69.4 Å². The Balaban J connectivity index is 1.46. The molecule has 5 rings (SSSR count). The summed E-state index contributed by atoms with van der Waals surface area (Å²) in [6.45, 7) is 9.12. The summed E-state index contributed by atoms with van der Waals surface area (Å²) >= 11 is 1.17. The van der Waals surface area contributed by atoms with E-state index in [1.165, 1.54) is 31.6 Å². The van der Waals surface area contributed by atoms with Gasteiger partial charge in [0.15, 0.2) is 30.0 Å². The smallest absolute Gasteiger partial charge is 0.308 e. The van der Waals surface area contributed by atoms with Gasteiger partial charge in [-0.2, -0.15) is 0 Å². The number of allylic oxidation sites excluding steroid dienone is 3. The summed E-state index contributed by atoms with van der Waals surface area (Å²) in [5.41, 5.74) is 6.86. The largest absolute Gasteiger partial charge is 0.465 e. The Kier molecular flexibility index (Phi) is 20.0. The zero-order valence-electron chi connectivity index (χ0n) is 38.3. The minimum absolute atomic E-state index is 0.0133. The van der Waals surface area contributed by atoms with Gasteiger partial charge in [0.25, 0.3) is 0 Å². The first kappa shape index (κ1) is 51.9. The van der Waals surface area contributed by atoms with Crippen LogP contribution >= 0.6 is 11.3 Å². The number of aliphatic hydroxyl groups excluding tert-OH is 3. The number of methoxy groups -OCH3 is 2. The molecule has 5 heterocycles. The maximum atomic E-state index is 14.0. The van der Waals surface area contributed by atoms with E-state index in [1.807, 2.05) is 26.8 Å². The summed E-state index contributed by atoms with van der Waals surface area (Å²) in [7, 11) is 6.47. The Bertz CT molecular complexity index is 1730. The third-order valence-corrected chi connectivity index (χ3v) is 13.0. The second kappa shape index (κ2) is 24.7. The van der Waals surface area contributed by atoms with E-state index in [4.69, 9.17) is 53.2 Å². The van der Waals surface area contributed by atoms with E-state index < -0.39 is 97.3 Å². The van der Waals surface area contributed by atoms with Crippen molar-refractivity contribution in [3.8, 4) is 0 Å². The molecule has 1 aromatic heterocycles. The van der Waals surface area contributed by atoms with Crippen molar-refractivity contribution in [1.82, 2.24) is 15.1 Å². The third kappa shape index (κ3) is 14.0. The van der Waals surface area contributed by atoms with Crippen molar-refractivity contribution in [2.45, 2.75) is 134 Å². The predicted molar refractivity (Wildman–Crippen MR) is 232 cm³/mol. The monoisotopic (exact) mass is 927 g/mol. The van der Waals surface area contributed by atoms with Crippen LogP contribution in [0, 0.1) is 23.7 Å². The van der Waals surface area contributed by atoms with Gasteiger partial charge in [0, 0.05) is 38.6 Å². The lowest BCUT2D eigenvalue weighted by atomic mass is 9.79. The number of ether oxygens (including phenoxy) is 9. The molecular formula is C43H69N5O15S. The first-order valence-electron chi connectivity index (χ1n) is 21.9. The van der Waals surface area contributed by atoms with E-state index >= 15 is 0 Å². The highest BCUT2D eigenvalue weighted by Crippen LogP contribution is 2.36. The number of oxime groups is 1. The lowest BCUT2D eigenvalue weighted by molar-refractivity contribution is -0.305. The molecule has 0 aliphatic carbocycles. The Morgan fingerprint density at radius 2 is 1.66 bits per heavy atom. The van der Waals surface area contributed by atoms with Crippen LogP contribution in [-0.4, -0.2) is 183 Å². The number of fused-ring (bicyclic) bond motifs is 3. The number of likely N-dealkylation sites (N-methyl/N-ethyl adjacent to an activating group) is 1. The van der Waals surface area contributed by atoms with Crippen LogP contribution in [0.25, 0.3) is 0 Å². The molecule has 0 spiro atoms. The van der Waals surface area contributed by atoms with Crippen molar-refractivity contribution in [3.05, 3.63) is 28.8 Å². The summed E-state index contributed by atoms with van der Waals surface area (Å²) in [5.74, 6) is -2.63. The van der Waals surface area contributed by atoms with Crippen molar-refractivity contribution in [2.75, 3.05) is 67.1 Å². The first-order chi connectivity index (χ1) is 30.5. The van der Waals surface area contributed by atoms with Gasteiger partial charge < -0.3 is 73.4 Å². The quantitative estimate of drug-likeness (QED) is 0.182. The van der Waals surface area contributed by atoms with Gasteiger partial charge >= 0.3 is 5.97 Å². The fourth-order valence-corrected chi connectivity index (χ4v) is 9.12. The van der Waals surface area contributed by atoms with Crippen molar-refractivity contribution in [2.24, 2.45) is 28.8 Å². The number of nitrogen functional groups attached to an aromatic ring is 1. The highest BCUT2D eigenvalue weighted by Gasteiger charge is 2.48. The minimum Gasteiger partial charge on any atom is -0.465 e. The molecule has 362 valence electrons. The van der Waals surface area contributed by atoms with E-state index in [0.717, 1.165) is 5.57 Å². The topological polar surface area (TPSA) is 255 Å². The van der Waals surface area contributed by atoms with E-state index in [-0.39, 0.29) is 57.8 Å². The second-order valence-corrected chi connectivity index (χ2v) is 18.5. The highest BCUT2D eigenvalue weighted by molar-refractivity contribution is 7.15. The van der Waals surface area contributed by atoms with Crippen LogP contribution in [0.2, 0.25) is 0 Å². The van der Waals surface area contributed by atoms with Crippen LogP contribution in [0.1, 0.15) is 58.9 Å². The highest BCUT2D eigenvalue weighted by atomic mass is 32.1. The average Bonchev–Trinajstić information content (AvgIpc) is 3.67. The number of ketones is 1. The molecule has 2 bridgehead atoms. The van der Waals surface area contributed by atoms with Crippen LogP contribution in [0.4, 0.5) is 5.13 Å². The fourth-order valence-electron chi connectivity index (χ4n) is 8.61. The maximum absolute atomic E-state index is 14.0. The van der Waals surface area contributed by atoms with Gasteiger partial charge in [0.2, 0.25) is 5.13 Å². The number of nitrogens with two attached hydrogens (primary N) is 1. The SMILES string of the molecule is CO[C@@H]1[C@H](O)[C@@H](C)O[C@@H](OC[C@H]2/C=C(C)/C=C/C(=O)[C@H](C)CC3CCOC/C(=N\OCc4nnc(N)s4)CO[C@H](CC(=O)OC2)[C@H](C)[C@H]3O[C@@H]2O[C@H](C)[C@@H](O)[C@H](N(C)C)[C@H]2O)[C@@H]1OC. The maximum Gasteiger partial charge on any atom is 0.308 e. The molecular weight excluding hydrogens is 859 g/mol. The van der Waals surface area contributed by atoms with Crippen LogP contribution in [0.5, 0.6) is 0 Å². The fraction of sp³-hybridized carbons (Fsp3) is 0.791. The standard InChI is InChI=1S/C43H69N5O15S/c1-22-10-11-30(49)23(2)15-28-12-13-56-19-29(47-60-21-32-45-46-43(44)64-32)20-57-31(24(3)38(28)63-41-37(53)34(48(6)7)35(51)25(4)61-41)16-33(50)58-17-27(14-22)18-59-42-40(55-9)39(54-8)36(52)26(5)62-42/h10-11,14,23-28,31,34-42,51-53H,12-13,15-21H2,1-9H3,(H2,44,46)/b11-10+,22-14+,47-29+/t23-,24+,25-,26-,27+,28?,31-,34+,35-,36-,37-,38-,39-,40-,41+,42-/m1/s1. The summed E-state index contributed by atoms with van der Waals surface area (Å²) in [6, 6.07) is -0.711. The van der Waals surface area contributed by atoms with E-state index in [0.29, 0.717) is 28.7 Å². The molecule has 3 saturated heterocycles. The molecule has 16 atom stereocenters. The molecule has 1 unspecified atom stereocenters. The molecule has 3 fully saturated rings. The third-order valence-electron chi connectivity index (χ3n) is 12.2. The van der Waals surface area contributed by atoms with Crippen LogP contribution in [-0.2, 0) is 63.7 Å². The van der Waals surface area contributed by atoms with E-state index in [1.54, 1.807) is 38.9 Å². The number of carbonyl (C=O) groups is 2. The number of carbonyl (C=O) groups excluding carboxylic acids is 2. The number of anilines is 1. The number of nitrogens with zero attached hydrogens (tertiary/aromatic N) is 4. The Morgan fingerprint density at radius 1 is 0.938 bits per heavy atom. The Hall–Kier alpha value is -3.03. The Labute approximate surface area is 379 Å². The molecule has 1 aromatic rings. The van der Waals surface area contributed by atoms with Crippen molar-refractivity contribution in [3.63, 3.8) is 0 Å². The van der Waals surface area contributed by atoms with Gasteiger partial charge in [-0.3, -0.25) is 9.59 Å². The molecule has 4 aliphatic rings. The summed E-state index contributed by atoms with van der Waals surface area (Å²) in [5, 5.41) is 46.2. The summed E-state index contributed by atoms with van der Waals surface area (Å²) in [4.78, 5) is 35.2. The number of hydrogen-bond acceptors (Lipinski definition) is 21. The number of hydrogen-bond donors (Lipinski definition) is 4. The molecule has 20 nitrogen and oxygen atoms in total. The molecule has 21 heteroatoms.